The first kappa shape index (κ1) is 20.6. The molecular formula is C21H22O6. The fourth-order valence-corrected chi connectivity index (χ4v) is 2.95. The first-order chi connectivity index (χ1) is 12.7. The van der Waals surface area contributed by atoms with Gasteiger partial charge in [-0.2, -0.15) is 0 Å². The number of aliphatic hydroxyl groups is 3. The minimum atomic E-state index is -2.63. The van der Waals surface area contributed by atoms with Gasteiger partial charge in [-0.05, 0) is 25.0 Å². The minimum Gasteiger partial charge on any atom is -0.386 e. The van der Waals surface area contributed by atoms with Crippen LogP contribution in [0.3, 0.4) is 0 Å². The Kier molecular flexibility index (Phi) is 6.38. The molecule has 0 bridgehead atoms. The van der Waals surface area contributed by atoms with Gasteiger partial charge in [-0.3, -0.25) is 9.59 Å². The molecule has 0 aromatic heterocycles. The van der Waals surface area contributed by atoms with E-state index in [0.717, 1.165) is 0 Å². The zero-order chi connectivity index (χ0) is 20.2. The number of aliphatic hydroxyl groups excluding tert-OH is 2. The lowest BCUT2D eigenvalue weighted by molar-refractivity contribution is -0.121. The predicted molar refractivity (Wildman–Crippen MR) is 98.7 cm³/mol. The summed E-state index contributed by atoms with van der Waals surface area (Å²) in [5, 5.41) is 31.7. The van der Waals surface area contributed by atoms with Gasteiger partial charge in [-0.25, -0.2) is 0 Å². The lowest BCUT2D eigenvalue weighted by Gasteiger charge is -2.33. The molecule has 0 heterocycles. The smallest absolute Gasteiger partial charge is 0.197 e. The van der Waals surface area contributed by atoms with Crippen molar-refractivity contribution in [3.8, 4) is 0 Å². The summed E-state index contributed by atoms with van der Waals surface area (Å²) in [6.45, 7) is 3.29. The minimum absolute atomic E-state index is 0.0939. The van der Waals surface area contributed by atoms with E-state index in [1.807, 2.05) is 0 Å². The van der Waals surface area contributed by atoms with Crippen molar-refractivity contribution in [2.75, 3.05) is 0 Å². The maximum Gasteiger partial charge on any atom is 0.197 e. The van der Waals surface area contributed by atoms with Gasteiger partial charge < -0.3 is 20.1 Å². The lowest BCUT2D eigenvalue weighted by Crippen LogP contribution is -2.57. The fourth-order valence-electron chi connectivity index (χ4n) is 2.95. The van der Waals surface area contributed by atoms with E-state index in [2.05, 4.69) is 0 Å². The highest BCUT2D eigenvalue weighted by Gasteiger charge is 2.48. The third kappa shape index (κ3) is 4.03. The second-order valence-electron chi connectivity index (χ2n) is 6.51. The van der Waals surface area contributed by atoms with E-state index in [1.54, 1.807) is 50.2 Å². The third-order valence-corrected chi connectivity index (χ3v) is 4.64. The number of Topliss-reactive ketones (excluding diaryl/α,β-unsaturated/α-hetero) is 2. The van der Waals surface area contributed by atoms with Gasteiger partial charge >= 0.3 is 0 Å². The molecule has 0 amide bonds. The quantitative estimate of drug-likeness (QED) is 0.478. The number of aryl methyl sites for hydroxylation is 2. The molecule has 0 aliphatic heterocycles. The van der Waals surface area contributed by atoms with Crippen molar-refractivity contribution in [2.24, 2.45) is 0 Å². The van der Waals surface area contributed by atoms with Gasteiger partial charge in [0.2, 0.25) is 0 Å². The van der Waals surface area contributed by atoms with Crippen molar-refractivity contribution in [2.45, 2.75) is 38.1 Å². The second kappa shape index (κ2) is 8.35. The predicted octanol–water partition coefficient (Wildman–Crippen LogP) is 1.41. The highest BCUT2D eigenvalue weighted by molar-refractivity contribution is 6.07. The van der Waals surface area contributed by atoms with Crippen molar-refractivity contribution < 1.29 is 29.7 Å². The van der Waals surface area contributed by atoms with E-state index in [0.29, 0.717) is 11.1 Å². The molecule has 1 unspecified atom stereocenters. The van der Waals surface area contributed by atoms with E-state index in [9.17, 15) is 29.7 Å². The summed E-state index contributed by atoms with van der Waals surface area (Å²) >= 11 is 0. The highest BCUT2D eigenvalue weighted by atomic mass is 16.4. The molecule has 6 nitrogen and oxygen atoms in total. The molecule has 0 radical (unpaired) electrons. The summed E-state index contributed by atoms with van der Waals surface area (Å²) in [5.41, 5.74) is -1.29. The van der Waals surface area contributed by atoms with Crippen molar-refractivity contribution in [3.63, 3.8) is 0 Å². The Morgan fingerprint density at radius 1 is 0.963 bits per heavy atom. The van der Waals surface area contributed by atoms with Crippen LogP contribution in [0.1, 0.15) is 38.3 Å². The van der Waals surface area contributed by atoms with Crippen LogP contribution < -0.4 is 0 Å². The van der Waals surface area contributed by atoms with Crippen LogP contribution in [-0.4, -0.2) is 51.0 Å². The average Bonchev–Trinajstić information content (AvgIpc) is 2.66. The number of carbonyl (C=O) groups is 3. The molecule has 0 aliphatic carbocycles. The normalized spacial score (nSPS) is 15.4. The summed E-state index contributed by atoms with van der Waals surface area (Å²) in [6, 6.07) is 12.8. The number of hydrogen-bond donors (Lipinski definition) is 3. The molecule has 0 saturated heterocycles. The highest BCUT2D eigenvalue weighted by Crippen LogP contribution is 2.26. The molecule has 3 atom stereocenters. The molecule has 0 aliphatic rings. The molecule has 6 heteroatoms. The number of carbonyl (C=O) groups excluding carboxylic acids is 3. The zero-order valence-electron chi connectivity index (χ0n) is 15.1. The topological polar surface area (TPSA) is 112 Å². The maximum atomic E-state index is 12.9. The van der Waals surface area contributed by atoms with Gasteiger partial charge in [0.05, 0.1) is 0 Å². The van der Waals surface area contributed by atoms with Crippen molar-refractivity contribution >= 4 is 17.9 Å². The van der Waals surface area contributed by atoms with Gasteiger partial charge in [-0.15, -0.1) is 0 Å². The van der Waals surface area contributed by atoms with Gasteiger partial charge in [-0.1, -0.05) is 48.5 Å². The second-order valence-corrected chi connectivity index (χ2v) is 6.51. The molecule has 0 saturated carbocycles. The largest absolute Gasteiger partial charge is 0.386 e. The number of benzene rings is 2. The molecule has 2 aromatic rings. The molecule has 27 heavy (non-hydrogen) atoms. The van der Waals surface area contributed by atoms with Crippen LogP contribution >= 0.6 is 0 Å². The Labute approximate surface area is 157 Å². The van der Waals surface area contributed by atoms with Gasteiger partial charge in [0.1, 0.15) is 18.5 Å². The SMILES string of the molecule is Cc1ccccc1C(=O)C(O)[C@@H](O)[C@@](O)(CC=O)C(=O)c1ccccc1C. The first-order valence-corrected chi connectivity index (χ1v) is 8.46. The zero-order valence-corrected chi connectivity index (χ0v) is 15.1. The van der Waals surface area contributed by atoms with Crippen molar-refractivity contribution in [1.82, 2.24) is 0 Å². The van der Waals surface area contributed by atoms with Crippen molar-refractivity contribution in [3.05, 3.63) is 70.8 Å². The number of ketones is 2. The van der Waals surface area contributed by atoms with E-state index < -0.39 is 35.8 Å². The molecule has 142 valence electrons. The Balaban J connectivity index is 2.41. The summed E-state index contributed by atoms with van der Waals surface area (Å²) in [7, 11) is 0. The third-order valence-electron chi connectivity index (χ3n) is 4.64. The van der Waals surface area contributed by atoms with E-state index in [4.69, 9.17) is 0 Å². The molecule has 2 rings (SSSR count). The van der Waals surface area contributed by atoms with E-state index >= 15 is 0 Å². The van der Waals surface area contributed by atoms with E-state index in [-0.39, 0.29) is 17.4 Å². The lowest BCUT2D eigenvalue weighted by atomic mass is 9.80. The van der Waals surface area contributed by atoms with Gasteiger partial charge in [0.25, 0.3) is 0 Å². The molecular weight excluding hydrogens is 348 g/mol. The average molecular weight is 370 g/mol. The standard InChI is InChI=1S/C21H22O6/c1-13-7-3-5-9-15(13)17(23)18(24)20(26)21(27,11-12-22)19(25)16-10-6-4-8-14(16)2/h3-10,12,18,20,24,26-27H,11H2,1-2H3/t18?,20-,21-/m1/s1. The van der Waals surface area contributed by atoms with Crippen LogP contribution in [0.4, 0.5) is 0 Å². The summed E-state index contributed by atoms with van der Waals surface area (Å²) in [6.07, 6.45) is -4.75. The number of rotatable bonds is 8. The monoisotopic (exact) mass is 370 g/mol. The Hall–Kier alpha value is -2.67. The maximum absolute atomic E-state index is 12.9. The van der Waals surface area contributed by atoms with Gasteiger partial charge in [0, 0.05) is 17.5 Å². The van der Waals surface area contributed by atoms with Crippen LogP contribution in [-0.2, 0) is 4.79 Å². The van der Waals surface area contributed by atoms with Crippen LogP contribution in [0.15, 0.2) is 48.5 Å². The van der Waals surface area contributed by atoms with Crippen LogP contribution in [0.2, 0.25) is 0 Å². The number of aldehydes is 1. The Morgan fingerprint density at radius 3 is 1.93 bits per heavy atom. The van der Waals surface area contributed by atoms with Gasteiger partial charge in [0.15, 0.2) is 17.2 Å². The molecule has 0 spiro atoms. The van der Waals surface area contributed by atoms with Crippen LogP contribution in [0.5, 0.6) is 0 Å². The first-order valence-electron chi connectivity index (χ1n) is 8.46. The van der Waals surface area contributed by atoms with Crippen LogP contribution in [0, 0.1) is 13.8 Å². The molecule has 0 fully saturated rings. The number of hydrogen-bond acceptors (Lipinski definition) is 6. The van der Waals surface area contributed by atoms with Crippen molar-refractivity contribution in [1.29, 1.82) is 0 Å². The summed E-state index contributed by atoms with van der Waals surface area (Å²) in [5.74, 6) is -1.78. The molecule has 3 N–H and O–H groups in total. The summed E-state index contributed by atoms with van der Waals surface area (Å²) < 4.78 is 0. The Morgan fingerprint density at radius 2 is 1.44 bits per heavy atom. The fraction of sp³-hybridized carbons (Fsp3) is 0.286. The summed E-state index contributed by atoms with van der Waals surface area (Å²) in [4.78, 5) is 36.5. The van der Waals surface area contributed by atoms with Crippen LogP contribution in [0.25, 0.3) is 0 Å². The molecule has 2 aromatic carbocycles. The Bertz CT molecular complexity index is 859. The van der Waals surface area contributed by atoms with E-state index in [1.165, 1.54) is 12.1 Å².